The molecule has 1 aromatic heterocycles. The molecule has 2 aromatic rings. The van der Waals surface area contributed by atoms with E-state index < -0.39 is 76.5 Å². The van der Waals surface area contributed by atoms with Gasteiger partial charge in [-0.2, -0.15) is 13.2 Å². The Kier molecular flexibility index (Phi) is 7.26. The van der Waals surface area contributed by atoms with Gasteiger partial charge in [0, 0.05) is 11.7 Å². The molecule has 14 heteroatoms. The van der Waals surface area contributed by atoms with Crippen molar-refractivity contribution in [3.63, 3.8) is 0 Å². The van der Waals surface area contributed by atoms with Crippen LogP contribution in [-0.4, -0.2) is 52.1 Å². The SMILES string of the molecule is Cc1cc(C(F)(F)F)cc(N2C(=O)N(C(=O)OC(C)(C)C)CC2C(=O)N(c2ccc(F)c(Cl)c2F)C2CC2)n1. The van der Waals surface area contributed by atoms with Crippen LogP contribution in [0.25, 0.3) is 0 Å². The highest BCUT2D eigenvalue weighted by Crippen LogP contribution is 2.39. The number of aromatic nitrogens is 1. The number of pyridine rings is 1. The molecule has 39 heavy (non-hydrogen) atoms. The maximum Gasteiger partial charge on any atom is 0.418 e. The van der Waals surface area contributed by atoms with Gasteiger partial charge in [-0.3, -0.25) is 9.69 Å². The van der Waals surface area contributed by atoms with E-state index in [2.05, 4.69) is 4.98 Å². The number of carbonyl (C=O) groups excluding carboxylic acids is 3. The molecular weight excluding hydrogens is 551 g/mol. The zero-order chi connectivity index (χ0) is 29.0. The summed E-state index contributed by atoms with van der Waals surface area (Å²) in [7, 11) is 0. The average Bonchev–Trinajstić information content (AvgIpc) is 3.58. The molecule has 0 radical (unpaired) electrons. The highest BCUT2D eigenvalue weighted by molar-refractivity contribution is 6.31. The van der Waals surface area contributed by atoms with Gasteiger partial charge in [0.05, 0.1) is 17.8 Å². The first kappa shape index (κ1) is 28.5. The van der Waals surface area contributed by atoms with Crippen molar-refractivity contribution in [1.29, 1.82) is 0 Å². The lowest BCUT2D eigenvalue weighted by atomic mass is 10.1. The number of nitrogens with zero attached hydrogens (tertiary/aromatic N) is 4. The second-order valence-corrected chi connectivity index (χ2v) is 10.6. The molecule has 4 rings (SSSR count). The van der Waals surface area contributed by atoms with Crippen LogP contribution < -0.4 is 9.80 Å². The second-order valence-electron chi connectivity index (χ2n) is 10.2. The van der Waals surface area contributed by atoms with E-state index in [9.17, 15) is 31.9 Å². The van der Waals surface area contributed by atoms with Crippen LogP contribution in [0.1, 0.15) is 44.9 Å². The fourth-order valence-corrected chi connectivity index (χ4v) is 4.30. The molecule has 1 saturated heterocycles. The van der Waals surface area contributed by atoms with Crippen LogP contribution in [-0.2, 0) is 15.7 Å². The maximum atomic E-state index is 15.0. The summed E-state index contributed by atoms with van der Waals surface area (Å²) in [5.74, 6) is -3.73. The molecule has 2 fully saturated rings. The smallest absolute Gasteiger partial charge is 0.418 e. The molecule has 2 aliphatic rings. The number of hydrogen-bond donors (Lipinski definition) is 0. The van der Waals surface area contributed by atoms with Crippen molar-refractivity contribution >= 4 is 41.1 Å². The van der Waals surface area contributed by atoms with Gasteiger partial charge in [-0.25, -0.2) is 28.3 Å². The number of ether oxygens (including phenoxy) is 1. The van der Waals surface area contributed by atoms with Crippen molar-refractivity contribution in [2.24, 2.45) is 0 Å². The largest absolute Gasteiger partial charge is 0.443 e. The van der Waals surface area contributed by atoms with E-state index in [1.54, 1.807) is 20.8 Å². The number of carbonyl (C=O) groups is 3. The van der Waals surface area contributed by atoms with Gasteiger partial charge in [-0.05, 0) is 64.8 Å². The summed E-state index contributed by atoms with van der Waals surface area (Å²) in [6.45, 7) is 5.27. The van der Waals surface area contributed by atoms with Crippen molar-refractivity contribution in [3.8, 4) is 0 Å². The zero-order valence-electron chi connectivity index (χ0n) is 21.3. The molecule has 1 saturated carbocycles. The molecule has 210 valence electrons. The molecule has 1 atom stereocenters. The Morgan fingerprint density at radius 2 is 1.77 bits per heavy atom. The molecule has 0 bridgehead atoms. The summed E-state index contributed by atoms with van der Waals surface area (Å²) >= 11 is 5.73. The van der Waals surface area contributed by atoms with Crippen molar-refractivity contribution < 1.29 is 41.1 Å². The molecule has 1 aromatic carbocycles. The summed E-state index contributed by atoms with van der Waals surface area (Å²) in [4.78, 5) is 46.5. The third-order valence-electron chi connectivity index (χ3n) is 5.94. The highest BCUT2D eigenvalue weighted by Gasteiger charge is 2.51. The number of imide groups is 1. The molecule has 1 aliphatic heterocycles. The molecule has 0 spiro atoms. The van der Waals surface area contributed by atoms with Gasteiger partial charge >= 0.3 is 18.3 Å². The zero-order valence-corrected chi connectivity index (χ0v) is 22.0. The number of benzene rings is 1. The Hall–Kier alpha value is -3.48. The van der Waals surface area contributed by atoms with Gasteiger partial charge in [0.1, 0.15) is 28.3 Å². The number of hydrogen-bond acceptors (Lipinski definition) is 5. The number of amides is 4. The molecule has 8 nitrogen and oxygen atoms in total. The molecule has 4 amide bonds. The minimum absolute atomic E-state index is 0.107. The van der Waals surface area contributed by atoms with Gasteiger partial charge < -0.3 is 9.64 Å². The van der Waals surface area contributed by atoms with Crippen LogP contribution >= 0.6 is 11.6 Å². The predicted molar refractivity (Wildman–Crippen MR) is 130 cm³/mol. The van der Waals surface area contributed by atoms with Gasteiger partial charge in [0.2, 0.25) is 0 Å². The molecular formula is C25H24ClF5N4O4. The van der Waals surface area contributed by atoms with Crippen LogP contribution in [0.3, 0.4) is 0 Å². The monoisotopic (exact) mass is 574 g/mol. The van der Waals surface area contributed by atoms with E-state index in [1.165, 1.54) is 6.92 Å². The number of urea groups is 1. The number of anilines is 2. The van der Waals surface area contributed by atoms with E-state index in [1.807, 2.05) is 0 Å². The Labute approximate surface area is 225 Å². The summed E-state index contributed by atoms with van der Waals surface area (Å²) in [5, 5.41) is -0.851. The van der Waals surface area contributed by atoms with E-state index in [0.717, 1.165) is 23.1 Å². The number of rotatable bonds is 4. The summed E-state index contributed by atoms with van der Waals surface area (Å²) < 4.78 is 74.8. The van der Waals surface area contributed by atoms with Crippen molar-refractivity contribution in [1.82, 2.24) is 9.88 Å². The first-order chi connectivity index (χ1) is 18.0. The summed E-state index contributed by atoms with van der Waals surface area (Å²) in [5.41, 5.74) is -2.64. The Bertz CT molecular complexity index is 1340. The van der Waals surface area contributed by atoms with Crippen LogP contribution in [0, 0.1) is 18.6 Å². The fraction of sp³-hybridized carbons (Fsp3) is 0.440. The topological polar surface area (TPSA) is 83.1 Å². The van der Waals surface area contributed by atoms with Gasteiger partial charge in [-0.15, -0.1) is 0 Å². The third kappa shape index (κ3) is 5.77. The lowest BCUT2D eigenvalue weighted by Gasteiger charge is -2.29. The van der Waals surface area contributed by atoms with E-state index in [-0.39, 0.29) is 11.4 Å². The summed E-state index contributed by atoms with van der Waals surface area (Å²) in [6, 6.07) is -0.0825. The number of halogens is 6. The fourth-order valence-electron chi connectivity index (χ4n) is 4.14. The quantitative estimate of drug-likeness (QED) is 0.326. The summed E-state index contributed by atoms with van der Waals surface area (Å²) in [6.07, 6.45) is -5.05. The normalized spacial score (nSPS) is 18.0. The molecule has 2 heterocycles. The van der Waals surface area contributed by atoms with Crippen LogP contribution in [0.4, 0.5) is 43.0 Å². The van der Waals surface area contributed by atoms with Gasteiger partial charge in [0.15, 0.2) is 5.82 Å². The van der Waals surface area contributed by atoms with E-state index in [4.69, 9.17) is 16.3 Å². The number of aryl methyl sites for hydroxylation is 1. The first-order valence-electron chi connectivity index (χ1n) is 11.9. The predicted octanol–water partition coefficient (Wildman–Crippen LogP) is 6.08. The molecule has 0 N–H and O–H groups in total. The van der Waals surface area contributed by atoms with Crippen LogP contribution in [0.5, 0.6) is 0 Å². The lowest BCUT2D eigenvalue weighted by Crippen LogP contribution is -2.49. The number of alkyl halides is 3. The van der Waals surface area contributed by atoms with Gasteiger partial charge in [-0.1, -0.05) is 11.6 Å². The van der Waals surface area contributed by atoms with E-state index in [0.29, 0.717) is 28.7 Å². The van der Waals surface area contributed by atoms with Crippen molar-refractivity contribution in [2.45, 2.75) is 64.4 Å². The Morgan fingerprint density at radius 3 is 2.33 bits per heavy atom. The Balaban J connectivity index is 1.82. The van der Waals surface area contributed by atoms with E-state index >= 15 is 4.39 Å². The van der Waals surface area contributed by atoms with Crippen molar-refractivity contribution in [2.75, 3.05) is 16.3 Å². The van der Waals surface area contributed by atoms with Gasteiger partial charge in [0.25, 0.3) is 5.91 Å². The molecule has 1 unspecified atom stereocenters. The average molecular weight is 575 g/mol. The Morgan fingerprint density at radius 1 is 1.13 bits per heavy atom. The highest BCUT2D eigenvalue weighted by atomic mass is 35.5. The van der Waals surface area contributed by atoms with Crippen LogP contribution in [0.15, 0.2) is 24.3 Å². The minimum Gasteiger partial charge on any atom is -0.443 e. The first-order valence-corrected chi connectivity index (χ1v) is 12.2. The van der Waals surface area contributed by atoms with Crippen LogP contribution in [0.2, 0.25) is 5.02 Å². The maximum absolute atomic E-state index is 15.0. The third-order valence-corrected chi connectivity index (χ3v) is 6.29. The van der Waals surface area contributed by atoms with Crippen molar-refractivity contribution in [3.05, 3.63) is 52.2 Å². The lowest BCUT2D eigenvalue weighted by molar-refractivity contribution is -0.137. The second kappa shape index (κ2) is 9.92. The standard InChI is InChI=1S/C25H24ClF5N4O4/c1-12-9-13(25(29,30)31)10-18(32-12)35-17(11-33(22(35)37)23(38)39-24(2,3)4)21(36)34(14-5-6-14)16-8-7-15(27)19(26)20(16)28/h7-10,14,17H,5-6,11H2,1-4H3. The minimum atomic E-state index is -4.80. The molecule has 1 aliphatic carbocycles.